The maximum atomic E-state index is 12.4. The van der Waals surface area contributed by atoms with E-state index in [0.717, 1.165) is 42.1 Å². The summed E-state index contributed by atoms with van der Waals surface area (Å²) in [5.41, 5.74) is 2.99. The van der Waals surface area contributed by atoms with E-state index in [1.807, 2.05) is 25.1 Å². The van der Waals surface area contributed by atoms with Crippen molar-refractivity contribution < 1.29 is 4.79 Å². The summed E-state index contributed by atoms with van der Waals surface area (Å²) in [5.74, 6) is 1.54. The Morgan fingerprint density at radius 3 is 2.62 bits per heavy atom. The van der Waals surface area contributed by atoms with Crippen LogP contribution in [-0.4, -0.2) is 18.5 Å². The monoisotopic (exact) mass is 288 g/mol. The van der Waals surface area contributed by atoms with Crippen LogP contribution in [0.15, 0.2) is 18.2 Å². The van der Waals surface area contributed by atoms with Crippen molar-refractivity contribution in [3.05, 3.63) is 29.3 Å². The first-order valence-electron chi connectivity index (χ1n) is 8.16. The highest BCUT2D eigenvalue weighted by molar-refractivity contribution is 5.95. The lowest BCUT2D eigenvalue weighted by Gasteiger charge is -2.32. The fourth-order valence-electron chi connectivity index (χ4n) is 3.14. The number of rotatable bonds is 4. The Kier molecular flexibility index (Phi) is 5.27. The Balaban J connectivity index is 1.99. The maximum Gasteiger partial charge on any atom is 0.251 e. The average Bonchev–Trinajstić information content (AvgIpc) is 2.45. The first-order valence-corrected chi connectivity index (χ1v) is 8.16. The van der Waals surface area contributed by atoms with Crippen LogP contribution in [0.4, 0.5) is 5.69 Å². The van der Waals surface area contributed by atoms with Crippen molar-refractivity contribution in [2.45, 2.75) is 53.0 Å². The molecule has 21 heavy (non-hydrogen) atoms. The van der Waals surface area contributed by atoms with Crippen LogP contribution >= 0.6 is 0 Å². The second-order valence-electron chi connectivity index (χ2n) is 6.50. The molecule has 0 aromatic heterocycles. The summed E-state index contributed by atoms with van der Waals surface area (Å²) in [6.45, 7) is 9.61. The number of benzene rings is 1. The Morgan fingerprint density at radius 2 is 2.00 bits per heavy atom. The van der Waals surface area contributed by atoms with E-state index < -0.39 is 0 Å². The van der Waals surface area contributed by atoms with E-state index in [1.54, 1.807) is 0 Å². The van der Waals surface area contributed by atoms with E-state index in [1.165, 1.54) is 6.42 Å². The summed E-state index contributed by atoms with van der Waals surface area (Å²) in [5, 5.41) is 6.51. The van der Waals surface area contributed by atoms with E-state index in [4.69, 9.17) is 0 Å². The van der Waals surface area contributed by atoms with Gasteiger partial charge < -0.3 is 10.6 Å². The van der Waals surface area contributed by atoms with E-state index in [2.05, 4.69) is 31.4 Å². The lowest BCUT2D eigenvalue weighted by atomic mass is 9.79. The zero-order chi connectivity index (χ0) is 15.4. The van der Waals surface area contributed by atoms with Crippen molar-refractivity contribution in [1.29, 1.82) is 0 Å². The third kappa shape index (κ3) is 3.99. The molecule has 0 heterocycles. The van der Waals surface area contributed by atoms with Crippen molar-refractivity contribution in [1.82, 2.24) is 5.32 Å². The van der Waals surface area contributed by atoms with Crippen LogP contribution in [0.3, 0.4) is 0 Å². The van der Waals surface area contributed by atoms with Gasteiger partial charge >= 0.3 is 0 Å². The molecule has 0 aliphatic heterocycles. The molecule has 3 unspecified atom stereocenters. The number of amides is 1. The van der Waals surface area contributed by atoms with Crippen LogP contribution in [0.25, 0.3) is 0 Å². The zero-order valence-corrected chi connectivity index (χ0v) is 13.7. The van der Waals surface area contributed by atoms with Gasteiger partial charge in [-0.25, -0.2) is 0 Å². The van der Waals surface area contributed by atoms with Gasteiger partial charge in [0.25, 0.3) is 5.91 Å². The van der Waals surface area contributed by atoms with Gasteiger partial charge in [0.05, 0.1) is 0 Å². The van der Waals surface area contributed by atoms with Crippen LogP contribution in [0, 0.1) is 18.8 Å². The summed E-state index contributed by atoms with van der Waals surface area (Å²) in [4.78, 5) is 12.4. The van der Waals surface area contributed by atoms with Gasteiger partial charge in [-0.3, -0.25) is 4.79 Å². The molecule has 2 rings (SSSR count). The highest BCUT2D eigenvalue weighted by atomic mass is 16.1. The summed E-state index contributed by atoms with van der Waals surface area (Å²) in [6.07, 6.45) is 3.41. The number of nitrogens with one attached hydrogen (secondary N) is 2. The molecule has 1 aliphatic rings. The van der Waals surface area contributed by atoms with Gasteiger partial charge in [0, 0.05) is 23.8 Å². The molecule has 3 nitrogen and oxygen atoms in total. The van der Waals surface area contributed by atoms with Crippen molar-refractivity contribution in [3.8, 4) is 0 Å². The van der Waals surface area contributed by atoms with E-state index in [-0.39, 0.29) is 5.91 Å². The minimum absolute atomic E-state index is 0.0629. The molecule has 3 heteroatoms. The number of hydrogen-bond acceptors (Lipinski definition) is 2. The summed E-state index contributed by atoms with van der Waals surface area (Å²) in [6, 6.07) is 6.22. The lowest BCUT2D eigenvalue weighted by molar-refractivity contribution is 0.0910. The van der Waals surface area contributed by atoms with Crippen molar-refractivity contribution in [3.63, 3.8) is 0 Å². The fourth-order valence-corrected chi connectivity index (χ4v) is 3.14. The number of anilines is 1. The third-order valence-corrected chi connectivity index (χ3v) is 4.79. The number of aryl methyl sites for hydroxylation is 1. The zero-order valence-electron chi connectivity index (χ0n) is 13.7. The molecule has 3 atom stereocenters. The maximum absolute atomic E-state index is 12.4. The van der Waals surface area contributed by atoms with Crippen molar-refractivity contribution in [2.75, 3.05) is 11.9 Å². The second kappa shape index (κ2) is 6.97. The average molecular weight is 288 g/mol. The van der Waals surface area contributed by atoms with Crippen LogP contribution in [-0.2, 0) is 0 Å². The predicted octanol–water partition coefficient (Wildman–Crippen LogP) is 3.98. The summed E-state index contributed by atoms with van der Waals surface area (Å²) in [7, 11) is 0. The van der Waals surface area contributed by atoms with E-state index in [0.29, 0.717) is 12.0 Å². The number of carbonyl (C=O) groups excluding carboxylic acids is 1. The van der Waals surface area contributed by atoms with Gasteiger partial charge in [-0.1, -0.05) is 13.8 Å². The van der Waals surface area contributed by atoms with Crippen LogP contribution in [0.5, 0.6) is 0 Å². The molecule has 1 amide bonds. The Bertz CT molecular complexity index is 498. The largest absolute Gasteiger partial charge is 0.385 e. The molecule has 0 spiro atoms. The Hall–Kier alpha value is -1.51. The van der Waals surface area contributed by atoms with Crippen molar-refractivity contribution >= 4 is 11.6 Å². The molecule has 0 bridgehead atoms. The van der Waals surface area contributed by atoms with Gasteiger partial charge in [0.2, 0.25) is 0 Å². The lowest BCUT2D eigenvalue weighted by Crippen LogP contribution is -2.39. The van der Waals surface area contributed by atoms with E-state index in [9.17, 15) is 4.79 Å². The first-order chi connectivity index (χ1) is 10.0. The molecule has 2 N–H and O–H groups in total. The minimum atomic E-state index is 0.0629. The second-order valence-corrected chi connectivity index (χ2v) is 6.50. The predicted molar refractivity (Wildman–Crippen MR) is 88.8 cm³/mol. The Labute approximate surface area is 128 Å². The van der Waals surface area contributed by atoms with E-state index >= 15 is 0 Å². The molecular formula is C18H28N2O. The van der Waals surface area contributed by atoms with Crippen LogP contribution in [0.1, 0.15) is 56.0 Å². The highest BCUT2D eigenvalue weighted by Crippen LogP contribution is 2.29. The number of hydrogen-bond donors (Lipinski definition) is 2. The molecule has 0 saturated heterocycles. The highest BCUT2D eigenvalue weighted by Gasteiger charge is 2.25. The van der Waals surface area contributed by atoms with Gasteiger partial charge in [0.15, 0.2) is 0 Å². The standard InChI is InChI=1S/C18H28N2O/c1-5-19-17-9-7-15(10-14(17)4)18(21)20-16-8-6-12(2)13(3)11-16/h7,9-10,12-13,16,19H,5-6,8,11H2,1-4H3,(H,20,21). The van der Waals surface area contributed by atoms with Gasteiger partial charge in [0.1, 0.15) is 0 Å². The summed E-state index contributed by atoms with van der Waals surface area (Å²) < 4.78 is 0. The van der Waals surface area contributed by atoms with Crippen molar-refractivity contribution in [2.24, 2.45) is 11.8 Å². The molecule has 116 valence electrons. The smallest absolute Gasteiger partial charge is 0.251 e. The Morgan fingerprint density at radius 1 is 1.24 bits per heavy atom. The molecule has 0 radical (unpaired) electrons. The number of carbonyl (C=O) groups is 1. The third-order valence-electron chi connectivity index (χ3n) is 4.79. The van der Waals surface area contributed by atoms with Crippen LogP contribution in [0.2, 0.25) is 0 Å². The molecule has 1 aromatic carbocycles. The van der Waals surface area contributed by atoms with Gasteiger partial charge in [-0.15, -0.1) is 0 Å². The SMILES string of the molecule is CCNc1ccc(C(=O)NC2CCC(C)C(C)C2)cc1C. The fraction of sp³-hybridized carbons (Fsp3) is 0.611. The molecule has 1 aromatic rings. The molecule has 1 fully saturated rings. The molecule has 1 aliphatic carbocycles. The van der Waals surface area contributed by atoms with Crippen LogP contribution < -0.4 is 10.6 Å². The molecule has 1 saturated carbocycles. The van der Waals surface area contributed by atoms with Gasteiger partial charge in [-0.05, 0) is 68.7 Å². The quantitative estimate of drug-likeness (QED) is 0.880. The first kappa shape index (κ1) is 15.9. The minimum Gasteiger partial charge on any atom is -0.385 e. The topological polar surface area (TPSA) is 41.1 Å². The molecular weight excluding hydrogens is 260 g/mol. The summed E-state index contributed by atoms with van der Waals surface area (Å²) >= 11 is 0. The normalized spacial score (nSPS) is 25.4. The van der Waals surface area contributed by atoms with Gasteiger partial charge in [-0.2, -0.15) is 0 Å².